The summed E-state index contributed by atoms with van der Waals surface area (Å²) in [5, 5.41) is 6.49. The van der Waals surface area contributed by atoms with Crippen LogP contribution in [0.2, 0.25) is 0 Å². The van der Waals surface area contributed by atoms with Crippen molar-refractivity contribution < 1.29 is 16.8 Å². The third-order valence-corrected chi connectivity index (χ3v) is 8.56. The van der Waals surface area contributed by atoms with E-state index < -0.39 is 20.0 Å². The molecule has 0 radical (unpaired) electrons. The largest absolute Gasteiger partial charge is 0.319 e. The van der Waals surface area contributed by atoms with E-state index >= 15 is 0 Å². The number of sulfonamides is 2. The molecule has 2 aliphatic heterocycles. The van der Waals surface area contributed by atoms with Crippen molar-refractivity contribution in [3.05, 3.63) is 0 Å². The molecule has 2 rings (SSSR count). The summed E-state index contributed by atoms with van der Waals surface area (Å²) in [6, 6.07) is 0.0905. The lowest BCUT2D eigenvalue weighted by molar-refractivity contribution is 0.420. The molecule has 2 heterocycles. The molecule has 0 aliphatic carbocycles. The van der Waals surface area contributed by atoms with Crippen molar-refractivity contribution in [3.63, 3.8) is 0 Å². The number of hydrogen-bond acceptors (Lipinski definition) is 6. The van der Waals surface area contributed by atoms with E-state index in [0.29, 0.717) is 44.4 Å². The van der Waals surface area contributed by atoms with Gasteiger partial charge in [0.05, 0.1) is 12.0 Å². The van der Waals surface area contributed by atoms with Crippen LogP contribution in [0.5, 0.6) is 0 Å². The minimum absolute atomic E-state index is 0.0905. The lowest BCUT2D eigenvalue weighted by Gasteiger charge is -2.20. The summed E-state index contributed by atoms with van der Waals surface area (Å²) in [4.78, 5) is 0. The van der Waals surface area contributed by atoms with Crippen LogP contribution in [0.1, 0.15) is 26.2 Å². The second-order valence-corrected chi connectivity index (χ2v) is 11.8. The maximum atomic E-state index is 12.5. The molecule has 2 aliphatic rings. The van der Waals surface area contributed by atoms with Crippen molar-refractivity contribution in [2.45, 2.75) is 32.2 Å². The Balaban J connectivity index is 1.69. The highest BCUT2D eigenvalue weighted by Crippen LogP contribution is 2.20. The zero-order valence-corrected chi connectivity index (χ0v) is 17.8. The van der Waals surface area contributed by atoms with Crippen LogP contribution < -0.4 is 10.6 Å². The third-order valence-electron chi connectivity index (χ3n) is 5.42. The van der Waals surface area contributed by atoms with Gasteiger partial charge in [-0.1, -0.05) is 0 Å². The SMILES string of the molecule is CNCC1CCN(S(=O)(=O)CCC(C)NC[C@H]2CCN(S(C)(=O)=O)C2)C1. The van der Waals surface area contributed by atoms with Crippen LogP contribution in [-0.4, -0.2) is 89.8 Å². The van der Waals surface area contributed by atoms with E-state index in [0.717, 1.165) is 25.9 Å². The van der Waals surface area contributed by atoms with Crippen molar-refractivity contribution in [1.29, 1.82) is 0 Å². The molecule has 0 spiro atoms. The molecule has 2 fully saturated rings. The maximum absolute atomic E-state index is 12.5. The topological polar surface area (TPSA) is 98.8 Å². The number of hydrogen-bond donors (Lipinski definition) is 2. The van der Waals surface area contributed by atoms with Crippen molar-refractivity contribution in [2.75, 3.05) is 58.3 Å². The van der Waals surface area contributed by atoms with E-state index in [1.54, 1.807) is 4.31 Å². The van der Waals surface area contributed by atoms with Gasteiger partial charge in [0, 0.05) is 32.2 Å². The molecule has 0 amide bonds. The lowest BCUT2D eigenvalue weighted by atomic mass is 10.1. The fraction of sp³-hybridized carbons (Fsp3) is 1.00. The van der Waals surface area contributed by atoms with Gasteiger partial charge in [0.15, 0.2) is 0 Å². The van der Waals surface area contributed by atoms with Gasteiger partial charge >= 0.3 is 0 Å². The van der Waals surface area contributed by atoms with Gasteiger partial charge in [-0.2, -0.15) is 0 Å². The van der Waals surface area contributed by atoms with Gasteiger partial charge < -0.3 is 10.6 Å². The van der Waals surface area contributed by atoms with Crippen molar-refractivity contribution in [3.8, 4) is 0 Å². The zero-order chi connectivity index (χ0) is 19.4. The van der Waals surface area contributed by atoms with Crippen LogP contribution in [-0.2, 0) is 20.0 Å². The summed E-state index contributed by atoms with van der Waals surface area (Å²) in [5.41, 5.74) is 0. The van der Waals surface area contributed by atoms with E-state index in [2.05, 4.69) is 10.6 Å². The molecule has 2 saturated heterocycles. The number of rotatable bonds is 10. The Bertz CT molecular complexity index is 653. The molecule has 2 N–H and O–H groups in total. The highest BCUT2D eigenvalue weighted by molar-refractivity contribution is 7.89. The molecule has 26 heavy (non-hydrogen) atoms. The predicted octanol–water partition coefficient (Wildman–Crippen LogP) is -0.493. The van der Waals surface area contributed by atoms with Crippen molar-refractivity contribution in [1.82, 2.24) is 19.2 Å². The Labute approximate surface area is 158 Å². The molecular formula is C16H34N4O4S2. The predicted molar refractivity (Wildman–Crippen MR) is 104 cm³/mol. The molecule has 3 atom stereocenters. The van der Waals surface area contributed by atoms with Crippen LogP contribution in [0.25, 0.3) is 0 Å². The first-order valence-electron chi connectivity index (χ1n) is 9.42. The minimum atomic E-state index is -3.19. The minimum Gasteiger partial charge on any atom is -0.319 e. The van der Waals surface area contributed by atoms with Crippen LogP contribution in [0.15, 0.2) is 0 Å². The van der Waals surface area contributed by atoms with E-state index in [4.69, 9.17) is 0 Å². The summed E-state index contributed by atoms with van der Waals surface area (Å²) in [5.74, 6) is 0.864. The Hall–Kier alpha value is -0.260. The summed E-state index contributed by atoms with van der Waals surface area (Å²) >= 11 is 0. The van der Waals surface area contributed by atoms with Gasteiger partial charge in [-0.15, -0.1) is 0 Å². The molecule has 10 heteroatoms. The molecule has 0 aromatic rings. The first-order valence-corrected chi connectivity index (χ1v) is 12.9. The van der Waals surface area contributed by atoms with Crippen molar-refractivity contribution >= 4 is 20.0 Å². The fourth-order valence-corrected chi connectivity index (χ4v) is 6.34. The summed E-state index contributed by atoms with van der Waals surface area (Å²) < 4.78 is 51.3. The quantitative estimate of drug-likeness (QED) is 0.504. The van der Waals surface area contributed by atoms with Gasteiger partial charge in [0.1, 0.15) is 0 Å². The number of nitrogens with one attached hydrogen (secondary N) is 2. The van der Waals surface area contributed by atoms with Gasteiger partial charge in [-0.05, 0) is 58.2 Å². The summed E-state index contributed by atoms with van der Waals surface area (Å²) in [6.07, 6.45) is 3.59. The number of nitrogens with zero attached hydrogens (tertiary/aromatic N) is 2. The van der Waals surface area contributed by atoms with E-state index in [1.165, 1.54) is 10.6 Å². The second-order valence-electron chi connectivity index (χ2n) is 7.76. The second kappa shape index (κ2) is 9.29. The van der Waals surface area contributed by atoms with E-state index in [9.17, 15) is 16.8 Å². The maximum Gasteiger partial charge on any atom is 0.214 e. The van der Waals surface area contributed by atoms with E-state index in [-0.39, 0.29) is 11.8 Å². The van der Waals surface area contributed by atoms with Crippen LogP contribution in [0.4, 0.5) is 0 Å². The molecule has 0 aromatic carbocycles. The summed E-state index contributed by atoms with van der Waals surface area (Å²) in [6.45, 7) is 5.95. The molecule has 0 aromatic heterocycles. The standard InChI is InChI=1S/C16H34N4O4S2/c1-14(18-11-16-4-7-19(12-16)25(3,21)22)6-9-26(23,24)20-8-5-15(13-20)10-17-2/h14-18H,4-13H2,1-3H3/t14?,15?,16-/m1/s1. The summed E-state index contributed by atoms with van der Waals surface area (Å²) in [7, 11) is -4.41. The average molecular weight is 411 g/mol. The Morgan fingerprint density at radius 2 is 1.58 bits per heavy atom. The Kier molecular flexibility index (Phi) is 7.87. The molecule has 8 nitrogen and oxygen atoms in total. The van der Waals surface area contributed by atoms with Gasteiger partial charge in [-0.25, -0.2) is 25.4 Å². The fourth-order valence-electron chi connectivity index (χ4n) is 3.69. The Morgan fingerprint density at radius 1 is 1.00 bits per heavy atom. The molecule has 154 valence electrons. The molecule has 0 bridgehead atoms. The van der Waals surface area contributed by atoms with Crippen LogP contribution in [0, 0.1) is 11.8 Å². The molecule has 2 unspecified atom stereocenters. The molecular weight excluding hydrogens is 376 g/mol. The first kappa shape index (κ1) is 22.0. The first-order chi connectivity index (χ1) is 12.1. The highest BCUT2D eigenvalue weighted by atomic mass is 32.2. The smallest absolute Gasteiger partial charge is 0.214 e. The normalized spacial score (nSPS) is 27.2. The van der Waals surface area contributed by atoms with Crippen molar-refractivity contribution in [2.24, 2.45) is 11.8 Å². The van der Waals surface area contributed by atoms with Crippen LogP contribution in [0.3, 0.4) is 0 Å². The molecule has 0 saturated carbocycles. The van der Waals surface area contributed by atoms with Gasteiger partial charge in [0.2, 0.25) is 20.0 Å². The zero-order valence-electron chi connectivity index (χ0n) is 16.1. The average Bonchev–Trinajstić information content (AvgIpc) is 3.20. The Morgan fingerprint density at radius 3 is 2.15 bits per heavy atom. The highest BCUT2D eigenvalue weighted by Gasteiger charge is 2.31. The van der Waals surface area contributed by atoms with Gasteiger partial charge in [0.25, 0.3) is 0 Å². The monoisotopic (exact) mass is 410 g/mol. The third kappa shape index (κ3) is 6.42. The van der Waals surface area contributed by atoms with E-state index in [1.807, 2.05) is 14.0 Å². The van der Waals surface area contributed by atoms with Gasteiger partial charge in [-0.3, -0.25) is 0 Å². The lowest BCUT2D eigenvalue weighted by Crippen LogP contribution is -2.37. The van der Waals surface area contributed by atoms with Crippen LogP contribution >= 0.6 is 0 Å².